The Morgan fingerprint density at radius 1 is 0.712 bits per heavy atom. The lowest BCUT2D eigenvalue weighted by molar-refractivity contribution is 0.240. The summed E-state index contributed by atoms with van der Waals surface area (Å²) in [6.07, 6.45) is 6.18. The zero-order chi connectivity index (χ0) is 40.5. The number of anilines is 2. The first-order valence-corrected chi connectivity index (χ1v) is 19.9. The maximum atomic E-state index is 15.3. The van der Waals surface area contributed by atoms with E-state index in [0.29, 0.717) is 53.7 Å². The molecule has 10 rings (SSSR count). The van der Waals surface area contributed by atoms with E-state index < -0.39 is 35.5 Å². The van der Waals surface area contributed by atoms with Crippen molar-refractivity contribution >= 4 is 22.9 Å². The summed E-state index contributed by atoms with van der Waals surface area (Å²) in [5.41, 5.74) is 2.55. The number of methoxy groups -OCH3 is 2. The van der Waals surface area contributed by atoms with Crippen LogP contribution in [0.4, 0.5) is 33.6 Å². The highest BCUT2D eigenvalue weighted by Gasteiger charge is 2.47. The van der Waals surface area contributed by atoms with Crippen LogP contribution in [0.25, 0.3) is 34.1 Å². The standard InChI is InChI=1S/C40H41F5N12O2/c1-58-31-12-33-48-16-29(56(33)54-35(31)18-3-4-18)37-23(42)10-25(44)39(52-37)50-19-5-6-27(47-14-19)20-9-21(20)36-32(59-2)13-34-49-17-30(57(34)55-36)38-24(43)11-26(45)40(53-38)51-28-15-46-8-7-22(28)41/h10-13,16-22,27-28,46-47H,3-9,14-15H2,1-2H3,(H,50,52)(H,51,53)/t19-,20?,21?,22+,27?,28+/m0/s1. The van der Waals surface area contributed by atoms with Crippen LogP contribution in [-0.2, 0) is 0 Å². The fraction of sp³-hybridized carbons (Fsp3) is 0.450. The topological polar surface area (TPSA) is 153 Å². The van der Waals surface area contributed by atoms with Gasteiger partial charge in [0.1, 0.15) is 51.8 Å². The van der Waals surface area contributed by atoms with Crippen molar-refractivity contribution in [3.8, 4) is 34.3 Å². The summed E-state index contributed by atoms with van der Waals surface area (Å²) < 4.78 is 89.6. The average molecular weight is 817 g/mol. The number of ether oxygens (including phenoxy) is 2. The first-order valence-electron chi connectivity index (χ1n) is 19.9. The monoisotopic (exact) mass is 816 g/mol. The predicted molar refractivity (Wildman–Crippen MR) is 206 cm³/mol. The van der Waals surface area contributed by atoms with E-state index in [-0.39, 0.29) is 71.5 Å². The van der Waals surface area contributed by atoms with Crippen molar-refractivity contribution in [2.45, 2.75) is 74.7 Å². The van der Waals surface area contributed by atoms with Crippen LogP contribution in [0.15, 0.2) is 36.7 Å². The highest BCUT2D eigenvalue weighted by molar-refractivity contribution is 5.65. The van der Waals surface area contributed by atoms with Crippen molar-refractivity contribution in [2.24, 2.45) is 5.92 Å². The molecule has 3 unspecified atom stereocenters. The van der Waals surface area contributed by atoms with Crippen LogP contribution >= 0.6 is 0 Å². The van der Waals surface area contributed by atoms with Crippen LogP contribution in [0.3, 0.4) is 0 Å². The van der Waals surface area contributed by atoms with Crippen LogP contribution in [0.5, 0.6) is 11.5 Å². The lowest BCUT2D eigenvalue weighted by Gasteiger charge is -2.31. The summed E-state index contributed by atoms with van der Waals surface area (Å²) in [5, 5.41) is 22.3. The molecule has 6 aromatic rings. The summed E-state index contributed by atoms with van der Waals surface area (Å²) in [6.45, 7) is 1.29. The number of nitrogens with zero attached hydrogens (tertiary/aromatic N) is 8. The Labute approximate surface area is 334 Å². The molecule has 2 saturated carbocycles. The molecule has 2 aliphatic carbocycles. The zero-order valence-corrected chi connectivity index (χ0v) is 32.2. The largest absolute Gasteiger partial charge is 0.495 e. The molecule has 6 aromatic heterocycles. The second-order valence-electron chi connectivity index (χ2n) is 15.8. The molecule has 19 heteroatoms. The van der Waals surface area contributed by atoms with Crippen LogP contribution in [-0.4, -0.2) is 97.3 Å². The summed E-state index contributed by atoms with van der Waals surface area (Å²) in [4.78, 5) is 17.4. The first kappa shape index (κ1) is 37.6. The van der Waals surface area contributed by atoms with Gasteiger partial charge in [-0.2, -0.15) is 10.2 Å². The second-order valence-corrected chi connectivity index (χ2v) is 15.8. The number of hydrogen-bond acceptors (Lipinski definition) is 12. The molecule has 2 aliphatic heterocycles. The van der Waals surface area contributed by atoms with E-state index in [2.05, 4.69) is 41.2 Å². The minimum atomic E-state index is -1.22. The third kappa shape index (κ3) is 6.92. The maximum absolute atomic E-state index is 15.3. The van der Waals surface area contributed by atoms with E-state index >= 15 is 13.2 Å². The number of hydrogen-bond donors (Lipinski definition) is 4. The fourth-order valence-electron chi connectivity index (χ4n) is 8.54. The highest BCUT2D eigenvalue weighted by Crippen LogP contribution is 2.53. The molecular formula is C40H41F5N12O2. The Morgan fingerprint density at radius 2 is 1.32 bits per heavy atom. The van der Waals surface area contributed by atoms with Gasteiger partial charge in [0.25, 0.3) is 0 Å². The van der Waals surface area contributed by atoms with Gasteiger partial charge in [-0.3, -0.25) is 0 Å². The summed E-state index contributed by atoms with van der Waals surface area (Å²) in [5.74, 6) is -2.16. The molecule has 4 fully saturated rings. The predicted octanol–water partition coefficient (Wildman–Crippen LogP) is 5.80. The van der Waals surface area contributed by atoms with Crippen molar-refractivity contribution in [3.05, 3.63) is 71.3 Å². The van der Waals surface area contributed by atoms with Gasteiger partial charge in [-0.15, -0.1) is 0 Å². The smallest absolute Gasteiger partial charge is 0.168 e. The van der Waals surface area contributed by atoms with Gasteiger partial charge in [0.05, 0.1) is 32.7 Å². The number of fused-ring (bicyclic) bond motifs is 2. The van der Waals surface area contributed by atoms with Crippen molar-refractivity contribution in [1.82, 2.24) is 49.8 Å². The Bertz CT molecular complexity index is 2570. The number of imidazole rings is 2. The molecule has 4 N–H and O–H groups in total. The van der Waals surface area contributed by atoms with Crippen LogP contribution in [0, 0.1) is 29.2 Å². The number of piperidine rings is 2. The maximum Gasteiger partial charge on any atom is 0.168 e. The Morgan fingerprint density at radius 3 is 1.90 bits per heavy atom. The van der Waals surface area contributed by atoms with Gasteiger partial charge >= 0.3 is 0 Å². The van der Waals surface area contributed by atoms with Gasteiger partial charge in [0.2, 0.25) is 0 Å². The molecule has 0 spiro atoms. The molecule has 0 radical (unpaired) electrons. The summed E-state index contributed by atoms with van der Waals surface area (Å²) >= 11 is 0. The lowest BCUT2D eigenvalue weighted by atomic mass is 9.96. The van der Waals surface area contributed by atoms with Crippen LogP contribution in [0.1, 0.15) is 61.7 Å². The number of alkyl halides is 1. The highest BCUT2D eigenvalue weighted by atomic mass is 19.1. The molecule has 4 aliphatic rings. The molecule has 59 heavy (non-hydrogen) atoms. The van der Waals surface area contributed by atoms with Crippen molar-refractivity contribution < 1.29 is 31.4 Å². The molecule has 0 aromatic carbocycles. The van der Waals surface area contributed by atoms with E-state index in [1.165, 1.54) is 21.4 Å². The molecule has 2 saturated heterocycles. The zero-order valence-electron chi connectivity index (χ0n) is 32.2. The number of rotatable bonds is 11. The second kappa shape index (κ2) is 14.8. The van der Waals surface area contributed by atoms with E-state index in [0.717, 1.165) is 43.5 Å². The van der Waals surface area contributed by atoms with Gasteiger partial charge in [0, 0.05) is 61.3 Å². The molecule has 0 bridgehead atoms. The van der Waals surface area contributed by atoms with Crippen LogP contribution in [0.2, 0.25) is 0 Å². The number of halogens is 5. The molecule has 8 heterocycles. The Balaban J connectivity index is 0.840. The van der Waals surface area contributed by atoms with E-state index in [1.54, 1.807) is 26.4 Å². The van der Waals surface area contributed by atoms with Crippen molar-refractivity contribution in [3.63, 3.8) is 0 Å². The SMILES string of the molecule is COc1cc2ncc(-c3nc(N[C@H]4CCC(C5CC5c5nn6c(-c7nc(N[C@@H]8CNCC[C@H]8F)c(F)cc7F)cnc6cc5OC)NC4)c(F)cc3F)n2nc1C1CC1. The van der Waals surface area contributed by atoms with Crippen molar-refractivity contribution in [1.29, 1.82) is 0 Å². The van der Waals surface area contributed by atoms with Crippen molar-refractivity contribution in [2.75, 3.05) is 44.5 Å². The third-order valence-corrected chi connectivity index (χ3v) is 11.9. The lowest BCUT2D eigenvalue weighted by Crippen LogP contribution is -2.46. The number of nitrogens with one attached hydrogen (secondary N) is 4. The van der Waals surface area contributed by atoms with Crippen LogP contribution < -0.4 is 30.7 Å². The Hall–Kier alpha value is -5.69. The summed E-state index contributed by atoms with van der Waals surface area (Å²) in [7, 11) is 3.13. The first-order chi connectivity index (χ1) is 28.7. The molecule has 0 amide bonds. The van der Waals surface area contributed by atoms with Gasteiger partial charge in [-0.05, 0) is 51.0 Å². The van der Waals surface area contributed by atoms with Gasteiger partial charge in [-0.1, -0.05) is 0 Å². The molecular weight excluding hydrogens is 776 g/mol. The van der Waals surface area contributed by atoms with E-state index in [1.807, 2.05) is 0 Å². The van der Waals surface area contributed by atoms with Gasteiger partial charge in [-0.25, -0.2) is 50.9 Å². The van der Waals surface area contributed by atoms with E-state index in [4.69, 9.17) is 19.7 Å². The normalized spacial score (nSPS) is 24.4. The fourth-order valence-corrected chi connectivity index (χ4v) is 8.54. The Kier molecular flexibility index (Phi) is 9.45. The average Bonchev–Trinajstić information content (AvgIpc) is 4.16. The molecule has 308 valence electrons. The number of aromatic nitrogens is 8. The minimum absolute atomic E-state index is 0.00778. The minimum Gasteiger partial charge on any atom is -0.495 e. The summed E-state index contributed by atoms with van der Waals surface area (Å²) in [6, 6.07) is 4.25. The van der Waals surface area contributed by atoms with E-state index in [9.17, 15) is 8.78 Å². The molecule has 6 atom stereocenters. The quantitative estimate of drug-likeness (QED) is 0.117. The van der Waals surface area contributed by atoms with Gasteiger partial charge in [0.15, 0.2) is 46.2 Å². The third-order valence-electron chi connectivity index (χ3n) is 11.9. The number of pyridine rings is 2. The molecule has 14 nitrogen and oxygen atoms in total. The van der Waals surface area contributed by atoms with Gasteiger partial charge < -0.3 is 30.7 Å².